The molecule has 0 heterocycles. The fourth-order valence-electron chi connectivity index (χ4n) is 2.01. The predicted octanol–water partition coefficient (Wildman–Crippen LogP) is 3.85. The molecule has 0 aliphatic rings. The van der Waals surface area contributed by atoms with Gasteiger partial charge in [0.2, 0.25) is 0 Å². The average molecular weight is 197 g/mol. The summed E-state index contributed by atoms with van der Waals surface area (Å²) in [7, 11) is 0. The quantitative estimate of drug-likeness (QED) is 0.534. The molecule has 0 fully saturated rings. The average Bonchev–Trinajstić information content (AvgIpc) is 2.13. The van der Waals surface area contributed by atoms with E-state index in [1.54, 1.807) is 0 Å². The minimum absolute atomic E-state index is 0.611. The summed E-state index contributed by atoms with van der Waals surface area (Å²) in [5, 5.41) is 0. The van der Waals surface area contributed by atoms with Gasteiger partial charge in [0.1, 0.15) is 0 Å². The number of rotatable bonds is 8. The predicted molar refractivity (Wildman–Crippen MR) is 65.7 cm³/mol. The van der Waals surface area contributed by atoms with Crippen LogP contribution >= 0.6 is 0 Å². The van der Waals surface area contributed by atoms with E-state index in [4.69, 9.17) is 0 Å². The van der Waals surface area contributed by atoms with Crippen LogP contribution in [0.15, 0.2) is 12.2 Å². The maximum absolute atomic E-state index is 4.12. The van der Waals surface area contributed by atoms with Gasteiger partial charge in [-0.3, -0.25) is 4.90 Å². The lowest BCUT2D eigenvalue weighted by molar-refractivity contribution is 0.211. The van der Waals surface area contributed by atoms with Crippen LogP contribution in [0.4, 0.5) is 0 Å². The lowest BCUT2D eigenvalue weighted by Crippen LogP contribution is -2.37. The first-order valence-corrected chi connectivity index (χ1v) is 6.06. The monoisotopic (exact) mass is 197 g/mol. The zero-order valence-corrected chi connectivity index (χ0v) is 10.5. The molecule has 1 unspecified atom stereocenters. The van der Waals surface area contributed by atoms with E-state index in [9.17, 15) is 0 Å². The number of hydrogen-bond donors (Lipinski definition) is 0. The molecule has 0 saturated heterocycles. The van der Waals surface area contributed by atoms with E-state index in [-0.39, 0.29) is 0 Å². The molecule has 0 bridgehead atoms. The molecule has 1 atom stereocenters. The lowest BCUT2D eigenvalue weighted by atomic mass is 10.0. The van der Waals surface area contributed by atoms with Gasteiger partial charge in [-0.2, -0.15) is 0 Å². The molecule has 0 aromatic heterocycles. The molecule has 0 spiro atoms. The van der Waals surface area contributed by atoms with Gasteiger partial charge in [-0.1, -0.05) is 39.3 Å². The summed E-state index contributed by atoms with van der Waals surface area (Å²) in [5.74, 6) is 0. The fourth-order valence-corrected chi connectivity index (χ4v) is 2.01. The van der Waals surface area contributed by atoms with Crippen molar-refractivity contribution < 1.29 is 0 Å². The molecule has 0 rings (SSSR count). The molecular formula is C13H27N. The Labute approximate surface area is 90.2 Å². The van der Waals surface area contributed by atoms with Crippen LogP contribution in [0, 0.1) is 0 Å². The Balaban J connectivity index is 4.29. The largest absolute Gasteiger partial charge is 0.297 e. The maximum Gasteiger partial charge on any atom is 0.0302 e. The van der Waals surface area contributed by atoms with Gasteiger partial charge >= 0.3 is 0 Å². The second-order valence-electron chi connectivity index (χ2n) is 4.19. The first kappa shape index (κ1) is 13.7. The Morgan fingerprint density at radius 3 is 1.86 bits per heavy atom. The second kappa shape index (κ2) is 8.05. The molecule has 0 saturated carbocycles. The van der Waals surface area contributed by atoms with Crippen LogP contribution in [0.1, 0.15) is 53.4 Å². The van der Waals surface area contributed by atoms with Crippen molar-refractivity contribution in [2.45, 2.75) is 59.4 Å². The summed E-state index contributed by atoms with van der Waals surface area (Å²) in [5.41, 5.74) is 1.33. The van der Waals surface area contributed by atoms with E-state index in [1.165, 1.54) is 44.3 Å². The van der Waals surface area contributed by atoms with Crippen LogP contribution in [-0.4, -0.2) is 24.0 Å². The van der Waals surface area contributed by atoms with Crippen LogP contribution in [0.5, 0.6) is 0 Å². The molecule has 0 aliphatic carbocycles. The molecule has 0 aliphatic heterocycles. The van der Waals surface area contributed by atoms with E-state index in [0.29, 0.717) is 6.04 Å². The highest BCUT2D eigenvalue weighted by Crippen LogP contribution is 2.15. The van der Waals surface area contributed by atoms with E-state index in [1.807, 2.05) is 0 Å². The lowest BCUT2D eigenvalue weighted by Gasteiger charge is -2.31. The summed E-state index contributed by atoms with van der Waals surface area (Å²) in [6, 6.07) is 0.611. The number of nitrogens with zero attached hydrogens (tertiary/aromatic N) is 1. The van der Waals surface area contributed by atoms with Gasteiger partial charge in [-0.25, -0.2) is 0 Å². The van der Waals surface area contributed by atoms with Crippen molar-refractivity contribution in [2.24, 2.45) is 0 Å². The van der Waals surface area contributed by atoms with Crippen LogP contribution in [0.25, 0.3) is 0 Å². The molecular weight excluding hydrogens is 170 g/mol. The fraction of sp³-hybridized carbons (Fsp3) is 0.846. The van der Waals surface area contributed by atoms with Crippen LogP contribution in [0.2, 0.25) is 0 Å². The van der Waals surface area contributed by atoms with Gasteiger partial charge in [-0.15, -0.1) is 0 Å². The van der Waals surface area contributed by atoms with E-state index < -0.39 is 0 Å². The van der Waals surface area contributed by atoms with Crippen molar-refractivity contribution in [3.05, 3.63) is 12.2 Å². The minimum Gasteiger partial charge on any atom is -0.297 e. The van der Waals surface area contributed by atoms with Crippen molar-refractivity contribution in [3.63, 3.8) is 0 Å². The van der Waals surface area contributed by atoms with Gasteiger partial charge in [0.25, 0.3) is 0 Å². The van der Waals surface area contributed by atoms with Crippen molar-refractivity contribution in [1.82, 2.24) is 4.90 Å². The van der Waals surface area contributed by atoms with E-state index in [0.717, 1.165) is 0 Å². The third-order valence-corrected chi connectivity index (χ3v) is 2.59. The first-order chi connectivity index (χ1) is 6.67. The molecule has 0 aromatic rings. The first-order valence-electron chi connectivity index (χ1n) is 6.06. The molecule has 1 nitrogen and oxygen atoms in total. The van der Waals surface area contributed by atoms with Crippen molar-refractivity contribution in [2.75, 3.05) is 13.1 Å². The summed E-state index contributed by atoms with van der Waals surface area (Å²) in [6.45, 7) is 15.5. The maximum atomic E-state index is 4.12. The summed E-state index contributed by atoms with van der Waals surface area (Å²) < 4.78 is 0. The molecule has 0 amide bonds. The Hall–Kier alpha value is -0.300. The molecule has 0 N–H and O–H groups in total. The van der Waals surface area contributed by atoms with Crippen LogP contribution in [-0.2, 0) is 0 Å². The standard InChI is InChI=1S/C13H27N/c1-6-9-13(12(4)5)14(10-7-2)11-8-3/h13H,4,6-11H2,1-3,5H3. The summed E-state index contributed by atoms with van der Waals surface area (Å²) in [6.07, 6.45) is 5.00. The third kappa shape index (κ3) is 4.80. The molecule has 0 radical (unpaired) electrons. The Morgan fingerprint density at radius 1 is 1.07 bits per heavy atom. The summed E-state index contributed by atoms with van der Waals surface area (Å²) in [4.78, 5) is 2.59. The van der Waals surface area contributed by atoms with Gasteiger partial charge in [0.15, 0.2) is 0 Å². The minimum atomic E-state index is 0.611. The van der Waals surface area contributed by atoms with Gasteiger partial charge in [0, 0.05) is 6.04 Å². The Morgan fingerprint density at radius 2 is 1.57 bits per heavy atom. The molecule has 0 aromatic carbocycles. The van der Waals surface area contributed by atoms with Gasteiger partial charge < -0.3 is 0 Å². The highest BCUT2D eigenvalue weighted by atomic mass is 15.1. The SMILES string of the molecule is C=C(C)C(CCC)N(CCC)CCC. The Bertz CT molecular complexity index is 145. The van der Waals surface area contributed by atoms with Gasteiger partial charge in [-0.05, 0) is 39.3 Å². The Kier molecular flexibility index (Phi) is 7.87. The second-order valence-corrected chi connectivity index (χ2v) is 4.19. The summed E-state index contributed by atoms with van der Waals surface area (Å²) >= 11 is 0. The highest BCUT2D eigenvalue weighted by Gasteiger charge is 2.16. The highest BCUT2D eigenvalue weighted by molar-refractivity contribution is 5.02. The normalized spacial score (nSPS) is 13.2. The zero-order chi connectivity index (χ0) is 11.0. The van der Waals surface area contributed by atoms with Crippen molar-refractivity contribution in [3.8, 4) is 0 Å². The molecule has 84 valence electrons. The zero-order valence-electron chi connectivity index (χ0n) is 10.5. The number of hydrogen-bond acceptors (Lipinski definition) is 1. The van der Waals surface area contributed by atoms with Crippen LogP contribution in [0.3, 0.4) is 0 Å². The van der Waals surface area contributed by atoms with E-state index >= 15 is 0 Å². The molecule has 14 heavy (non-hydrogen) atoms. The van der Waals surface area contributed by atoms with Gasteiger partial charge in [0.05, 0.1) is 0 Å². The van der Waals surface area contributed by atoms with Crippen molar-refractivity contribution in [1.29, 1.82) is 0 Å². The topological polar surface area (TPSA) is 3.24 Å². The van der Waals surface area contributed by atoms with Crippen molar-refractivity contribution >= 4 is 0 Å². The third-order valence-electron chi connectivity index (χ3n) is 2.59. The molecule has 1 heteroatoms. The van der Waals surface area contributed by atoms with E-state index in [2.05, 4.69) is 39.2 Å². The smallest absolute Gasteiger partial charge is 0.0302 e. The van der Waals surface area contributed by atoms with Crippen LogP contribution < -0.4 is 0 Å².